The highest BCUT2D eigenvalue weighted by Gasteiger charge is 2.39. The molecule has 1 aliphatic heterocycles. The summed E-state index contributed by atoms with van der Waals surface area (Å²) in [6.07, 6.45) is 5.64. The van der Waals surface area contributed by atoms with Gasteiger partial charge in [0.2, 0.25) is 0 Å². The Morgan fingerprint density at radius 2 is 1.20 bits per heavy atom. The second-order valence-electron chi connectivity index (χ2n) is 14.5. The number of nitrogens with zero attached hydrogens (tertiary/aromatic N) is 2. The zero-order valence-corrected chi connectivity index (χ0v) is 30.1. The number of para-hydroxylation sites is 3. The van der Waals surface area contributed by atoms with Gasteiger partial charge in [-0.25, -0.2) is 0 Å². The second-order valence-corrected chi connectivity index (χ2v) is 14.5. The number of rotatable bonds is 6. The molecule has 1 aromatic heterocycles. The van der Waals surface area contributed by atoms with Gasteiger partial charge < -0.3 is 14.2 Å². The summed E-state index contributed by atoms with van der Waals surface area (Å²) in [4.78, 5) is 4.94. The van der Waals surface area contributed by atoms with E-state index < -0.39 is 0 Å². The van der Waals surface area contributed by atoms with Gasteiger partial charge >= 0.3 is 0 Å². The molecular formula is C52H36N2O. The van der Waals surface area contributed by atoms with Gasteiger partial charge in [-0.1, -0.05) is 133 Å². The highest BCUT2D eigenvalue weighted by Crippen LogP contribution is 2.53. The summed E-state index contributed by atoms with van der Waals surface area (Å²) in [5, 5.41) is 4.73. The Hall–Kier alpha value is -7.10. The number of fused-ring (bicyclic) bond motifs is 8. The lowest BCUT2D eigenvalue weighted by atomic mass is 9.90. The summed E-state index contributed by atoms with van der Waals surface area (Å²) < 4.78 is 6.25. The molecule has 0 saturated heterocycles. The van der Waals surface area contributed by atoms with E-state index in [2.05, 4.69) is 198 Å². The third-order valence-electron chi connectivity index (χ3n) is 11.3. The van der Waals surface area contributed by atoms with Crippen molar-refractivity contribution in [2.45, 2.75) is 12.3 Å². The number of furan rings is 1. The van der Waals surface area contributed by atoms with Gasteiger partial charge in [-0.3, -0.25) is 0 Å². The largest absolute Gasteiger partial charge is 0.456 e. The fraction of sp³-hybridized carbons (Fsp3) is 0.0385. The Kier molecular flexibility index (Phi) is 7.31. The maximum Gasteiger partial charge on any atom is 0.136 e. The highest BCUT2D eigenvalue weighted by molar-refractivity contribution is 6.19. The molecule has 1 unspecified atom stereocenters. The van der Waals surface area contributed by atoms with Crippen molar-refractivity contribution in [1.82, 2.24) is 0 Å². The quantitative estimate of drug-likeness (QED) is 0.172. The molecule has 3 nitrogen and oxygen atoms in total. The number of hydrogen-bond acceptors (Lipinski definition) is 3. The number of allylic oxidation sites excluding steroid dienone is 3. The molecule has 2 aliphatic rings. The van der Waals surface area contributed by atoms with Gasteiger partial charge in [-0.15, -0.1) is 0 Å². The van der Waals surface area contributed by atoms with Crippen molar-refractivity contribution in [1.29, 1.82) is 0 Å². The molecule has 1 atom stereocenters. The van der Waals surface area contributed by atoms with E-state index in [0.29, 0.717) is 0 Å². The van der Waals surface area contributed by atoms with Crippen LogP contribution in [0.15, 0.2) is 216 Å². The SMILES string of the molecule is C1=CC(N(c2ccc(-c3ccc4ccc5oc6ccccc6c5c4c3)cc2)c2cccc(-c3ccccc3)c2)=C2C(C1)c1ccccc1N2c1ccccc1. The van der Waals surface area contributed by atoms with Gasteiger partial charge in [0.25, 0.3) is 0 Å². The average Bonchev–Trinajstić information content (AvgIpc) is 3.81. The van der Waals surface area contributed by atoms with Crippen LogP contribution < -0.4 is 9.80 Å². The smallest absolute Gasteiger partial charge is 0.136 e. The van der Waals surface area contributed by atoms with Gasteiger partial charge in [0.1, 0.15) is 11.2 Å². The molecule has 2 heterocycles. The van der Waals surface area contributed by atoms with Crippen LogP contribution in [-0.2, 0) is 0 Å². The number of anilines is 4. The monoisotopic (exact) mass is 704 g/mol. The van der Waals surface area contributed by atoms with Crippen LogP contribution in [-0.4, -0.2) is 0 Å². The molecule has 8 aromatic carbocycles. The molecule has 11 rings (SSSR count). The Bertz CT molecular complexity index is 2960. The molecule has 0 radical (unpaired) electrons. The van der Waals surface area contributed by atoms with E-state index in [1.165, 1.54) is 66.7 Å². The zero-order chi connectivity index (χ0) is 36.3. The first kappa shape index (κ1) is 31.4. The van der Waals surface area contributed by atoms with Gasteiger partial charge in [0.15, 0.2) is 0 Å². The minimum absolute atomic E-state index is 0.240. The van der Waals surface area contributed by atoms with E-state index in [4.69, 9.17) is 4.42 Å². The van der Waals surface area contributed by atoms with Gasteiger partial charge in [-0.05, 0) is 112 Å². The molecule has 0 spiro atoms. The van der Waals surface area contributed by atoms with Crippen LogP contribution in [0.3, 0.4) is 0 Å². The molecule has 0 N–H and O–H groups in total. The molecule has 3 heteroatoms. The highest BCUT2D eigenvalue weighted by atomic mass is 16.3. The number of hydrogen-bond donors (Lipinski definition) is 0. The fourth-order valence-electron chi connectivity index (χ4n) is 8.80. The summed E-state index contributed by atoms with van der Waals surface area (Å²) in [6, 6.07) is 67.8. The molecule has 1 aliphatic carbocycles. The predicted octanol–water partition coefficient (Wildman–Crippen LogP) is 14.3. The lowest BCUT2D eigenvalue weighted by Crippen LogP contribution is -2.25. The Morgan fingerprint density at radius 1 is 0.509 bits per heavy atom. The Morgan fingerprint density at radius 3 is 2.07 bits per heavy atom. The van der Waals surface area contributed by atoms with Crippen LogP contribution in [0.2, 0.25) is 0 Å². The number of benzene rings is 8. The summed E-state index contributed by atoms with van der Waals surface area (Å²) in [5.41, 5.74) is 15.1. The van der Waals surface area contributed by atoms with Crippen LogP contribution in [0.1, 0.15) is 17.9 Å². The van der Waals surface area contributed by atoms with Crippen molar-refractivity contribution in [3.63, 3.8) is 0 Å². The van der Waals surface area contributed by atoms with Crippen molar-refractivity contribution in [3.8, 4) is 22.3 Å². The van der Waals surface area contributed by atoms with Crippen molar-refractivity contribution in [2.75, 3.05) is 9.80 Å². The zero-order valence-electron chi connectivity index (χ0n) is 30.1. The summed E-state index contributed by atoms with van der Waals surface area (Å²) >= 11 is 0. The topological polar surface area (TPSA) is 19.6 Å². The minimum Gasteiger partial charge on any atom is -0.456 e. The predicted molar refractivity (Wildman–Crippen MR) is 229 cm³/mol. The first-order valence-corrected chi connectivity index (χ1v) is 19.0. The van der Waals surface area contributed by atoms with Crippen molar-refractivity contribution in [2.24, 2.45) is 0 Å². The second kappa shape index (κ2) is 12.8. The summed E-state index contributed by atoms with van der Waals surface area (Å²) in [7, 11) is 0. The lowest BCUT2D eigenvalue weighted by molar-refractivity contribution is 0.669. The van der Waals surface area contributed by atoms with Gasteiger partial charge in [0, 0.05) is 39.4 Å². The van der Waals surface area contributed by atoms with Crippen molar-refractivity contribution >= 4 is 55.5 Å². The maximum atomic E-state index is 6.25. The molecule has 0 amide bonds. The summed E-state index contributed by atoms with van der Waals surface area (Å²) in [5.74, 6) is 0.240. The van der Waals surface area contributed by atoms with Gasteiger partial charge in [-0.2, -0.15) is 0 Å². The first-order chi connectivity index (χ1) is 27.3. The standard InChI is InChI=1S/C52H36N2O/c1-3-13-35(14-4-1)38-15-11-18-42(33-38)53(48-23-12-21-44-43-19-7-9-22-47(43)54(52(44)48)40-16-5-2-6-17-40)41-30-27-36(28-31-41)39-26-25-37-29-32-50-51(46(37)34-39)45-20-8-10-24-49(45)55-50/h1-20,22-34,44H,21H2. The molecule has 260 valence electrons. The molecule has 55 heavy (non-hydrogen) atoms. The third kappa shape index (κ3) is 5.20. The molecule has 9 aromatic rings. The lowest BCUT2D eigenvalue weighted by Gasteiger charge is -2.34. The maximum absolute atomic E-state index is 6.25. The third-order valence-corrected chi connectivity index (χ3v) is 11.3. The fourth-order valence-corrected chi connectivity index (χ4v) is 8.80. The molecule has 0 fully saturated rings. The Balaban J connectivity index is 1.08. The Labute approximate surface area is 320 Å². The van der Waals surface area contributed by atoms with Crippen LogP contribution in [0.25, 0.3) is 55.0 Å². The van der Waals surface area contributed by atoms with Crippen molar-refractivity contribution in [3.05, 3.63) is 217 Å². The van der Waals surface area contributed by atoms with Crippen LogP contribution in [0.5, 0.6) is 0 Å². The minimum atomic E-state index is 0.240. The van der Waals surface area contributed by atoms with E-state index in [0.717, 1.165) is 34.3 Å². The average molecular weight is 705 g/mol. The van der Waals surface area contributed by atoms with E-state index in [-0.39, 0.29) is 5.92 Å². The molecule has 0 bridgehead atoms. The van der Waals surface area contributed by atoms with E-state index in [1.807, 2.05) is 12.1 Å². The normalized spacial score (nSPS) is 14.8. The van der Waals surface area contributed by atoms with Crippen molar-refractivity contribution < 1.29 is 4.42 Å². The van der Waals surface area contributed by atoms with Crippen LogP contribution in [0, 0.1) is 0 Å². The molecule has 0 saturated carbocycles. The van der Waals surface area contributed by atoms with E-state index in [1.54, 1.807) is 0 Å². The van der Waals surface area contributed by atoms with Crippen LogP contribution >= 0.6 is 0 Å². The molecular weight excluding hydrogens is 669 g/mol. The van der Waals surface area contributed by atoms with Crippen LogP contribution in [0.4, 0.5) is 22.7 Å². The first-order valence-electron chi connectivity index (χ1n) is 19.0. The van der Waals surface area contributed by atoms with Gasteiger partial charge in [0.05, 0.1) is 11.4 Å². The van der Waals surface area contributed by atoms with E-state index >= 15 is 0 Å². The van der Waals surface area contributed by atoms with E-state index in [9.17, 15) is 0 Å². The summed E-state index contributed by atoms with van der Waals surface area (Å²) in [6.45, 7) is 0.